The van der Waals surface area contributed by atoms with Gasteiger partial charge in [0.2, 0.25) is 0 Å². The van der Waals surface area contributed by atoms with E-state index in [1.807, 2.05) is 6.92 Å². The molecule has 0 radical (unpaired) electrons. The summed E-state index contributed by atoms with van der Waals surface area (Å²) in [7, 11) is -2.00. The molecule has 0 saturated carbocycles. The first-order valence-corrected chi connectivity index (χ1v) is 9.58. The third kappa shape index (κ3) is 8.45. The van der Waals surface area contributed by atoms with Crippen LogP contribution in [0.5, 0.6) is 11.5 Å². The minimum Gasteiger partial charge on any atom is -0.504 e. The van der Waals surface area contributed by atoms with Crippen LogP contribution in [0.2, 0.25) is 0 Å². The molecule has 0 heterocycles. The van der Waals surface area contributed by atoms with E-state index in [1.165, 1.54) is 18.2 Å². The molecular formula is C18H21NO7S. The Morgan fingerprint density at radius 2 is 1.59 bits per heavy atom. The van der Waals surface area contributed by atoms with Crippen molar-refractivity contribution in [2.24, 2.45) is 0 Å². The van der Waals surface area contributed by atoms with Crippen molar-refractivity contribution >= 4 is 21.9 Å². The second-order valence-corrected chi connectivity index (χ2v) is 7.09. The molecule has 0 aromatic heterocycles. The lowest BCUT2D eigenvalue weighted by atomic mass is 10.1. The second kappa shape index (κ2) is 9.81. The summed E-state index contributed by atoms with van der Waals surface area (Å²) in [5.74, 6) is -0.951. The highest BCUT2D eigenvalue weighted by atomic mass is 32.2. The highest BCUT2D eigenvalue weighted by molar-refractivity contribution is 7.85. The molecule has 0 spiro atoms. The zero-order valence-corrected chi connectivity index (χ0v) is 15.9. The summed E-state index contributed by atoms with van der Waals surface area (Å²) in [5, 5.41) is 12.6. The second-order valence-electron chi connectivity index (χ2n) is 5.62. The number of carbonyl (C=O) groups excluding carboxylic acids is 2. The average molecular weight is 395 g/mol. The number of hydrogen-bond donors (Lipinski definition) is 3. The van der Waals surface area contributed by atoms with Gasteiger partial charge in [0.1, 0.15) is 0 Å². The summed E-state index contributed by atoms with van der Waals surface area (Å²) in [6, 6.07) is 11.1. The molecule has 0 aliphatic heterocycles. The SMILES string of the molecule is CNCC(=O)c1ccc(OC(=O)c2ccc(C)cc2)c(O)c1.CS(=O)(=O)O. The van der Waals surface area contributed by atoms with Gasteiger partial charge in [-0.1, -0.05) is 17.7 Å². The van der Waals surface area contributed by atoms with Crippen LogP contribution in [0.15, 0.2) is 42.5 Å². The number of aromatic hydroxyl groups is 1. The third-order valence-electron chi connectivity index (χ3n) is 3.11. The Morgan fingerprint density at radius 1 is 1.07 bits per heavy atom. The van der Waals surface area contributed by atoms with E-state index in [2.05, 4.69) is 5.32 Å². The molecule has 3 N–H and O–H groups in total. The predicted molar refractivity (Wildman–Crippen MR) is 100.0 cm³/mol. The number of aryl methyl sites for hydroxylation is 1. The van der Waals surface area contributed by atoms with Crippen molar-refractivity contribution in [2.45, 2.75) is 6.92 Å². The Balaban J connectivity index is 0.000000646. The Bertz CT molecular complexity index is 898. The maximum Gasteiger partial charge on any atom is 0.343 e. The van der Waals surface area contributed by atoms with E-state index in [0.717, 1.165) is 5.56 Å². The molecule has 0 unspecified atom stereocenters. The number of esters is 1. The van der Waals surface area contributed by atoms with Crippen molar-refractivity contribution in [2.75, 3.05) is 19.8 Å². The molecule has 0 atom stereocenters. The fraction of sp³-hybridized carbons (Fsp3) is 0.222. The first-order chi connectivity index (χ1) is 12.5. The van der Waals surface area contributed by atoms with Gasteiger partial charge >= 0.3 is 5.97 Å². The number of rotatable bonds is 5. The van der Waals surface area contributed by atoms with E-state index < -0.39 is 16.1 Å². The molecule has 0 bridgehead atoms. The topological polar surface area (TPSA) is 130 Å². The maximum absolute atomic E-state index is 12.0. The van der Waals surface area contributed by atoms with Crippen molar-refractivity contribution in [3.05, 3.63) is 59.2 Å². The van der Waals surface area contributed by atoms with Crippen LogP contribution in [0.3, 0.4) is 0 Å². The van der Waals surface area contributed by atoms with Gasteiger partial charge in [-0.05, 0) is 44.3 Å². The van der Waals surface area contributed by atoms with E-state index >= 15 is 0 Å². The van der Waals surface area contributed by atoms with Crippen LogP contribution in [0.4, 0.5) is 0 Å². The fourth-order valence-electron chi connectivity index (χ4n) is 1.89. The van der Waals surface area contributed by atoms with Crippen molar-refractivity contribution < 1.29 is 32.4 Å². The molecule has 2 aromatic carbocycles. The summed E-state index contributed by atoms with van der Waals surface area (Å²) in [6.07, 6.45) is 0.715. The highest BCUT2D eigenvalue weighted by Gasteiger charge is 2.13. The molecule has 0 amide bonds. The zero-order valence-electron chi connectivity index (χ0n) is 15.1. The first kappa shape index (κ1) is 22.3. The van der Waals surface area contributed by atoms with Crippen molar-refractivity contribution in [1.29, 1.82) is 0 Å². The average Bonchev–Trinajstić information content (AvgIpc) is 2.56. The summed E-state index contributed by atoms with van der Waals surface area (Å²) in [6.45, 7) is 2.09. The molecule has 0 saturated heterocycles. The normalized spacial score (nSPS) is 10.5. The van der Waals surface area contributed by atoms with Crippen LogP contribution in [0.1, 0.15) is 26.3 Å². The van der Waals surface area contributed by atoms with E-state index in [1.54, 1.807) is 31.3 Å². The Labute approximate surface area is 157 Å². The zero-order chi connectivity index (χ0) is 20.6. The van der Waals surface area contributed by atoms with Crippen LogP contribution in [0.25, 0.3) is 0 Å². The van der Waals surface area contributed by atoms with Gasteiger partial charge in [0, 0.05) is 5.56 Å². The van der Waals surface area contributed by atoms with Crippen LogP contribution in [0, 0.1) is 6.92 Å². The number of likely N-dealkylation sites (N-methyl/N-ethyl adjacent to an activating group) is 1. The largest absolute Gasteiger partial charge is 0.504 e. The summed E-state index contributed by atoms with van der Waals surface area (Å²) in [5.41, 5.74) is 1.77. The minimum absolute atomic E-state index is 0.0200. The lowest BCUT2D eigenvalue weighted by Crippen LogP contribution is -2.18. The number of nitrogens with one attached hydrogen (secondary N) is 1. The standard InChI is InChI=1S/C17H17NO4.CH4O3S/c1-11-3-5-12(6-4-11)17(21)22-16-8-7-13(9-14(16)19)15(20)10-18-2;1-5(2,3)4/h3-9,18-19H,10H2,1-2H3;1H3,(H,2,3,4). The van der Waals surface area contributed by atoms with Crippen molar-refractivity contribution in [3.8, 4) is 11.5 Å². The number of Topliss-reactive ketones (excluding diaryl/α,β-unsaturated/α-hetero) is 1. The minimum atomic E-state index is -3.67. The Hall–Kier alpha value is -2.75. The Morgan fingerprint density at radius 3 is 2.07 bits per heavy atom. The van der Waals surface area contributed by atoms with Crippen LogP contribution < -0.4 is 10.1 Å². The van der Waals surface area contributed by atoms with Crippen LogP contribution in [-0.4, -0.2) is 49.7 Å². The molecule has 8 nitrogen and oxygen atoms in total. The van der Waals surface area contributed by atoms with E-state index in [4.69, 9.17) is 9.29 Å². The number of phenolic OH excluding ortho intramolecular Hbond substituents is 1. The molecule has 0 aliphatic rings. The van der Waals surface area contributed by atoms with Gasteiger partial charge < -0.3 is 15.2 Å². The molecule has 0 fully saturated rings. The summed E-state index contributed by atoms with van der Waals surface area (Å²) >= 11 is 0. The van der Waals surface area contributed by atoms with Gasteiger partial charge in [-0.25, -0.2) is 4.79 Å². The molecule has 2 aromatic rings. The molecule has 9 heteroatoms. The van der Waals surface area contributed by atoms with Gasteiger partial charge in [0.25, 0.3) is 10.1 Å². The smallest absolute Gasteiger partial charge is 0.343 e. The van der Waals surface area contributed by atoms with Gasteiger partial charge in [0.05, 0.1) is 18.4 Å². The fourth-order valence-corrected chi connectivity index (χ4v) is 1.89. The third-order valence-corrected chi connectivity index (χ3v) is 3.11. The quantitative estimate of drug-likeness (QED) is 0.302. The maximum atomic E-state index is 12.0. The number of hydrogen-bond acceptors (Lipinski definition) is 7. The van der Waals surface area contributed by atoms with Gasteiger partial charge in [-0.3, -0.25) is 9.35 Å². The Kier molecular flexibility index (Phi) is 8.10. The number of phenols is 1. The molecule has 2 rings (SSSR count). The van der Waals surface area contributed by atoms with E-state index in [0.29, 0.717) is 17.4 Å². The van der Waals surface area contributed by atoms with Crippen LogP contribution in [-0.2, 0) is 10.1 Å². The van der Waals surface area contributed by atoms with Crippen LogP contribution >= 0.6 is 0 Å². The number of carbonyl (C=O) groups is 2. The van der Waals surface area contributed by atoms with Gasteiger partial charge in [0.15, 0.2) is 17.3 Å². The van der Waals surface area contributed by atoms with Gasteiger partial charge in [-0.15, -0.1) is 0 Å². The van der Waals surface area contributed by atoms with Crippen molar-refractivity contribution in [3.63, 3.8) is 0 Å². The lowest BCUT2D eigenvalue weighted by molar-refractivity contribution is 0.0729. The van der Waals surface area contributed by atoms with Gasteiger partial charge in [-0.2, -0.15) is 8.42 Å². The molecular weight excluding hydrogens is 374 g/mol. The highest BCUT2D eigenvalue weighted by Crippen LogP contribution is 2.27. The number of benzene rings is 2. The lowest BCUT2D eigenvalue weighted by Gasteiger charge is -2.08. The first-order valence-electron chi connectivity index (χ1n) is 7.73. The number of ketones is 1. The monoisotopic (exact) mass is 395 g/mol. The molecule has 27 heavy (non-hydrogen) atoms. The van der Waals surface area contributed by atoms with Crippen molar-refractivity contribution in [1.82, 2.24) is 5.32 Å². The van der Waals surface area contributed by atoms with E-state index in [9.17, 15) is 23.1 Å². The predicted octanol–water partition coefficient (Wildman–Crippen LogP) is 1.83. The molecule has 146 valence electrons. The van der Waals surface area contributed by atoms with E-state index in [-0.39, 0.29) is 23.8 Å². The summed E-state index contributed by atoms with van der Waals surface area (Å²) in [4.78, 5) is 23.7. The summed E-state index contributed by atoms with van der Waals surface area (Å²) < 4.78 is 31.0. The molecule has 0 aliphatic carbocycles. The number of ether oxygens (including phenoxy) is 1.